The van der Waals surface area contributed by atoms with E-state index in [1.807, 2.05) is 25.1 Å². The van der Waals surface area contributed by atoms with Crippen molar-refractivity contribution in [2.45, 2.75) is 13.3 Å². The number of urea groups is 1. The first-order valence-corrected chi connectivity index (χ1v) is 7.64. The van der Waals surface area contributed by atoms with E-state index < -0.39 is 0 Å². The quantitative estimate of drug-likeness (QED) is 0.755. The molecule has 0 aliphatic carbocycles. The summed E-state index contributed by atoms with van der Waals surface area (Å²) in [6.45, 7) is 2.35. The van der Waals surface area contributed by atoms with Gasteiger partial charge >= 0.3 is 6.03 Å². The number of benzene rings is 2. The molecular formula is C17H16ClN3O2. The van der Waals surface area contributed by atoms with Crippen LogP contribution in [0.5, 0.6) is 0 Å². The summed E-state index contributed by atoms with van der Waals surface area (Å²) >= 11 is 5.80. The maximum absolute atomic E-state index is 11.8. The van der Waals surface area contributed by atoms with Gasteiger partial charge < -0.3 is 15.1 Å². The van der Waals surface area contributed by atoms with E-state index in [0.717, 1.165) is 23.1 Å². The Balaban J connectivity index is 1.51. The van der Waals surface area contributed by atoms with E-state index >= 15 is 0 Å². The molecule has 0 saturated carbocycles. The van der Waals surface area contributed by atoms with Crippen LogP contribution in [-0.4, -0.2) is 17.6 Å². The van der Waals surface area contributed by atoms with Crippen LogP contribution in [0.1, 0.15) is 11.5 Å². The van der Waals surface area contributed by atoms with E-state index in [9.17, 15) is 4.79 Å². The van der Waals surface area contributed by atoms with Gasteiger partial charge in [-0.2, -0.15) is 0 Å². The highest BCUT2D eigenvalue weighted by Gasteiger charge is 2.05. The SMILES string of the molecule is Cc1nc2cc(CCNC(=O)Nc3ccc(Cl)cc3)ccc2o1. The molecule has 0 spiro atoms. The molecule has 0 fully saturated rings. The van der Waals surface area contributed by atoms with E-state index in [4.69, 9.17) is 16.0 Å². The molecule has 5 nitrogen and oxygen atoms in total. The van der Waals surface area contributed by atoms with Gasteiger partial charge in [0, 0.05) is 24.2 Å². The van der Waals surface area contributed by atoms with Gasteiger partial charge in [0.25, 0.3) is 0 Å². The zero-order chi connectivity index (χ0) is 16.2. The average Bonchev–Trinajstić information content (AvgIpc) is 2.89. The van der Waals surface area contributed by atoms with Crippen molar-refractivity contribution in [2.75, 3.05) is 11.9 Å². The standard InChI is InChI=1S/C17H16ClN3O2/c1-11-20-15-10-12(2-7-16(15)23-11)8-9-19-17(22)21-14-5-3-13(18)4-6-14/h2-7,10H,8-9H2,1H3,(H2,19,21,22). The van der Waals surface area contributed by atoms with Gasteiger partial charge in [-0.3, -0.25) is 0 Å². The molecule has 2 amide bonds. The number of hydrogen-bond acceptors (Lipinski definition) is 3. The first-order chi connectivity index (χ1) is 11.1. The second-order valence-electron chi connectivity index (χ2n) is 5.17. The van der Waals surface area contributed by atoms with Crippen LogP contribution in [0.25, 0.3) is 11.1 Å². The van der Waals surface area contributed by atoms with Crippen molar-refractivity contribution in [2.24, 2.45) is 0 Å². The fraction of sp³-hybridized carbons (Fsp3) is 0.176. The van der Waals surface area contributed by atoms with Gasteiger partial charge in [-0.25, -0.2) is 9.78 Å². The van der Waals surface area contributed by atoms with Crippen molar-refractivity contribution in [1.29, 1.82) is 0 Å². The molecule has 0 atom stereocenters. The zero-order valence-corrected chi connectivity index (χ0v) is 13.4. The molecule has 23 heavy (non-hydrogen) atoms. The van der Waals surface area contributed by atoms with Gasteiger partial charge in [0.2, 0.25) is 0 Å². The van der Waals surface area contributed by atoms with E-state index in [-0.39, 0.29) is 6.03 Å². The fourth-order valence-electron chi connectivity index (χ4n) is 2.27. The van der Waals surface area contributed by atoms with E-state index in [2.05, 4.69) is 15.6 Å². The van der Waals surface area contributed by atoms with Crippen LogP contribution in [0.15, 0.2) is 46.9 Å². The number of hydrogen-bond donors (Lipinski definition) is 2. The van der Waals surface area contributed by atoms with Crippen LogP contribution in [0.2, 0.25) is 5.02 Å². The normalized spacial score (nSPS) is 10.7. The molecule has 2 aromatic carbocycles. The number of rotatable bonds is 4. The lowest BCUT2D eigenvalue weighted by molar-refractivity contribution is 0.252. The minimum Gasteiger partial charge on any atom is -0.441 e. The monoisotopic (exact) mass is 329 g/mol. The van der Waals surface area contributed by atoms with Crippen LogP contribution in [0, 0.1) is 6.92 Å². The van der Waals surface area contributed by atoms with E-state index in [1.54, 1.807) is 24.3 Å². The molecule has 0 bridgehead atoms. The third-order valence-corrected chi connectivity index (χ3v) is 3.61. The number of anilines is 1. The Morgan fingerprint density at radius 2 is 2.00 bits per heavy atom. The number of amides is 2. The Morgan fingerprint density at radius 3 is 2.78 bits per heavy atom. The van der Waals surface area contributed by atoms with E-state index in [0.29, 0.717) is 23.1 Å². The molecule has 2 N–H and O–H groups in total. The summed E-state index contributed by atoms with van der Waals surface area (Å²) in [7, 11) is 0. The van der Waals surface area contributed by atoms with Crippen LogP contribution in [0.4, 0.5) is 10.5 Å². The lowest BCUT2D eigenvalue weighted by Crippen LogP contribution is -2.30. The summed E-state index contributed by atoms with van der Waals surface area (Å²) in [4.78, 5) is 16.1. The second-order valence-corrected chi connectivity index (χ2v) is 5.61. The van der Waals surface area contributed by atoms with Crippen LogP contribution in [0.3, 0.4) is 0 Å². The number of carbonyl (C=O) groups is 1. The van der Waals surface area contributed by atoms with Gasteiger partial charge in [-0.15, -0.1) is 0 Å². The van der Waals surface area contributed by atoms with Crippen molar-refractivity contribution in [3.63, 3.8) is 0 Å². The molecule has 0 aliphatic heterocycles. The number of aromatic nitrogens is 1. The highest BCUT2D eigenvalue weighted by molar-refractivity contribution is 6.30. The summed E-state index contributed by atoms with van der Waals surface area (Å²) < 4.78 is 5.44. The largest absolute Gasteiger partial charge is 0.441 e. The Morgan fingerprint density at radius 1 is 1.22 bits per heavy atom. The van der Waals surface area contributed by atoms with Crippen LogP contribution in [-0.2, 0) is 6.42 Å². The number of carbonyl (C=O) groups excluding carboxylic acids is 1. The molecule has 1 aromatic heterocycles. The first kappa shape index (κ1) is 15.4. The Hall–Kier alpha value is -2.53. The van der Waals surface area contributed by atoms with Crippen LogP contribution >= 0.6 is 11.6 Å². The van der Waals surface area contributed by atoms with Crippen molar-refractivity contribution >= 4 is 34.4 Å². The zero-order valence-electron chi connectivity index (χ0n) is 12.6. The Labute approximate surface area is 138 Å². The second kappa shape index (κ2) is 6.71. The predicted molar refractivity (Wildman–Crippen MR) is 90.9 cm³/mol. The van der Waals surface area contributed by atoms with Gasteiger partial charge in [0.05, 0.1) is 0 Å². The van der Waals surface area contributed by atoms with Gasteiger partial charge in [-0.05, 0) is 48.4 Å². The highest BCUT2D eigenvalue weighted by Crippen LogP contribution is 2.17. The highest BCUT2D eigenvalue weighted by atomic mass is 35.5. The molecule has 3 rings (SSSR count). The molecule has 118 valence electrons. The summed E-state index contributed by atoms with van der Waals surface area (Å²) in [6, 6.07) is 12.6. The fourth-order valence-corrected chi connectivity index (χ4v) is 2.40. The number of nitrogens with one attached hydrogen (secondary N) is 2. The third-order valence-electron chi connectivity index (χ3n) is 3.36. The maximum Gasteiger partial charge on any atom is 0.319 e. The van der Waals surface area contributed by atoms with E-state index in [1.165, 1.54) is 0 Å². The third kappa shape index (κ3) is 4.02. The minimum absolute atomic E-state index is 0.245. The smallest absolute Gasteiger partial charge is 0.319 e. The number of fused-ring (bicyclic) bond motifs is 1. The average molecular weight is 330 g/mol. The molecule has 6 heteroatoms. The molecule has 0 saturated heterocycles. The summed E-state index contributed by atoms with van der Waals surface area (Å²) in [5.41, 5.74) is 3.41. The predicted octanol–water partition coefficient (Wildman–Crippen LogP) is 4.15. The van der Waals surface area contributed by atoms with Crippen molar-refractivity contribution < 1.29 is 9.21 Å². The van der Waals surface area contributed by atoms with Gasteiger partial charge in [0.15, 0.2) is 11.5 Å². The van der Waals surface area contributed by atoms with Crippen molar-refractivity contribution in [3.8, 4) is 0 Å². The molecular weight excluding hydrogens is 314 g/mol. The number of oxazole rings is 1. The van der Waals surface area contributed by atoms with Gasteiger partial charge in [0.1, 0.15) is 5.52 Å². The number of halogens is 1. The first-order valence-electron chi connectivity index (χ1n) is 7.27. The Kier molecular flexibility index (Phi) is 4.48. The van der Waals surface area contributed by atoms with Gasteiger partial charge in [-0.1, -0.05) is 17.7 Å². The molecule has 0 aliphatic rings. The van der Waals surface area contributed by atoms with Crippen LogP contribution < -0.4 is 10.6 Å². The topological polar surface area (TPSA) is 67.2 Å². The Bertz CT molecular complexity index is 827. The summed E-state index contributed by atoms with van der Waals surface area (Å²) in [5.74, 6) is 0.651. The van der Waals surface area contributed by atoms with Crippen molar-refractivity contribution in [3.05, 3.63) is 58.9 Å². The minimum atomic E-state index is -0.245. The molecule has 0 radical (unpaired) electrons. The van der Waals surface area contributed by atoms with Crippen molar-refractivity contribution in [1.82, 2.24) is 10.3 Å². The summed E-state index contributed by atoms with van der Waals surface area (Å²) in [6.07, 6.45) is 0.718. The lowest BCUT2D eigenvalue weighted by atomic mass is 10.1. The summed E-state index contributed by atoms with van der Waals surface area (Å²) in [5, 5.41) is 6.21. The maximum atomic E-state index is 11.8. The number of aryl methyl sites for hydroxylation is 1. The molecule has 0 unspecified atom stereocenters. The number of nitrogens with zero attached hydrogens (tertiary/aromatic N) is 1. The molecule has 1 heterocycles. The molecule has 3 aromatic rings. The lowest BCUT2D eigenvalue weighted by Gasteiger charge is -2.07.